The summed E-state index contributed by atoms with van der Waals surface area (Å²) in [4.78, 5) is 9.26. The van der Waals surface area contributed by atoms with Crippen LogP contribution in [0.4, 0.5) is 10.2 Å². The summed E-state index contributed by atoms with van der Waals surface area (Å²) < 4.78 is 13.6. The zero-order valence-corrected chi connectivity index (χ0v) is 11.1. The predicted molar refractivity (Wildman–Crippen MR) is 71.5 cm³/mol. The Balaban J connectivity index is 2.31. The van der Waals surface area contributed by atoms with Gasteiger partial charge >= 0.3 is 0 Å². The molecular weight excluding hydrogens is 249 g/mol. The molecule has 0 fully saturated rings. The van der Waals surface area contributed by atoms with Crippen molar-refractivity contribution in [3.63, 3.8) is 0 Å². The van der Waals surface area contributed by atoms with E-state index in [-0.39, 0.29) is 5.82 Å². The predicted octanol–water partition coefficient (Wildman–Crippen LogP) is 3.37. The van der Waals surface area contributed by atoms with E-state index in [4.69, 9.17) is 0 Å². The lowest BCUT2D eigenvalue weighted by molar-refractivity contribution is 0.602. The molecule has 0 aliphatic heterocycles. The van der Waals surface area contributed by atoms with Crippen LogP contribution in [-0.2, 0) is 6.42 Å². The van der Waals surface area contributed by atoms with Gasteiger partial charge in [0.05, 0.1) is 0 Å². The highest BCUT2D eigenvalue weighted by molar-refractivity contribution is 7.99. The monoisotopic (exact) mass is 263 g/mol. The summed E-state index contributed by atoms with van der Waals surface area (Å²) in [6.45, 7) is 1.99. The Morgan fingerprint density at radius 3 is 2.72 bits per heavy atom. The molecule has 2 rings (SSSR count). The zero-order valence-electron chi connectivity index (χ0n) is 10.3. The summed E-state index contributed by atoms with van der Waals surface area (Å²) >= 11 is 1.31. The number of aryl methyl sites for hydroxylation is 1. The summed E-state index contributed by atoms with van der Waals surface area (Å²) in [7, 11) is 1.80. The van der Waals surface area contributed by atoms with E-state index in [1.807, 2.05) is 19.1 Å². The number of nitrogens with zero attached hydrogens (tertiary/aromatic N) is 2. The lowest BCUT2D eigenvalue weighted by atomic mass is 10.3. The molecule has 5 heteroatoms. The molecule has 0 spiro atoms. The summed E-state index contributed by atoms with van der Waals surface area (Å²) in [5.74, 6) is 1.27. The van der Waals surface area contributed by atoms with E-state index in [0.29, 0.717) is 4.90 Å². The second-order valence-electron chi connectivity index (χ2n) is 3.64. The van der Waals surface area contributed by atoms with E-state index < -0.39 is 0 Å². The van der Waals surface area contributed by atoms with Crippen LogP contribution >= 0.6 is 11.8 Å². The number of hydrogen-bond acceptors (Lipinski definition) is 4. The molecule has 0 radical (unpaired) electrons. The molecule has 1 N–H and O–H groups in total. The van der Waals surface area contributed by atoms with Gasteiger partial charge in [-0.1, -0.05) is 30.8 Å². The second kappa shape index (κ2) is 5.82. The van der Waals surface area contributed by atoms with E-state index in [1.54, 1.807) is 19.2 Å². The molecule has 2 aromatic rings. The van der Waals surface area contributed by atoms with Crippen LogP contribution in [0.25, 0.3) is 0 Å². The molecule has 0 saturated carbocycles. The molecule has 0 aliphatic rings. The van der Waals surface area contributed by atoms with Gasteiger partial charge < -0.3 is 5.32 Å². The first-order valence-corrected chi connectivity index (χ1v) is 6.52. The third-order valence-corrected chi connectivity index (χ3v) is 3.34. The Morgan fingerprint density at radius 1 is 1.28 bits per heavy atom. The summed E-state index contributed by atoms with van der Waals surface area (Å²) in [5, 5.41) is 3.73. The van der Waals surface area contributed by atoms with Crippen molar-refractivity contribution in [2.75, 3.05) is 12.4 Å². The van der Waals surface area contributed by atoms with Crippen LogP contribution in [0.1, 0.15) is 12.7 Å². The van der Waals surface area contributed by atoms with E-state index in [2.05, 4.69) is 15.3 Å². The molecule has 18 heavy (non-hydrogen) atoms. The molecule has 3 nitrogen and oxygen atoms in total. The maximum atomic E-state index is 13.6. The highest BCUT2D eigenvalue weighted by atomic mass is 32.2. The van der Waals surface area contributed by atoms with E-state index >= 15 is 0 Å². The Bertz CT molecular complexity index is 523. The number of anilines is 1. The maximum Gasteiger partial charge on any atom is 0.137 e. The minimum Gasteiger partial charge on any atom is -0.373 e. The van der Waals surface area contributed by atoms with Gasteiger partial charge in [0.1, 0.15) is 22.5 Å². The lowest BCUT2D eigenvalue weighted by Crippen LogP contribution is -2.00. The van der Waals surface area contributed by atoms with Crippen molar-refractivity contribution in [3.05, 3.63) is 42.0 Å². The van der Waals surface area contributed by atoms with Crippen LogP contribution < -0.4 is 5.32 Å². The average molecular weight is 263 g/mol. The van der Waals surface area contributed by atoms with Gasteiger partial charge in [0.25, 0.3) is 0 Å². The fraction of sp³-hybridized carbons (Fsp3) is 0.231. The first kappa shape index (κ1) is 12.8. The minimum absolute atomic E-state index is 0.231. The van der Waals surface area contributed by atoms with E-state index in [1.165, 1.54) is 17.8 Å². The van der Waals surface area contributed by atoms with Crippen LogP contribution in [0.5, 0.6) is 0 Å². The smallest absolute Gasteiger partial charge is 0.137 e. The molecule has 0 atom stereocenters. The quantitative estimate of drug-likeness (QED) is 0.858. The van der Waals surface area contributed by atoms with Crippen LogP contribution in [0.15, 0.2) is 40.3 Å². The van der Waals surface area contributed by atoms with Gasteiger partial charge in [-0.3, -0.25) is 0 Å². The van der Waals surface area contributed by atoms with Gasteiger partial charge in [-0.25, -0.2) is 14.4 Å². The highest BCUT2D eigenvalue weighted by Crippen LogP contribution is 2.29. The van der Waals surface area contributed by atoms with Crippen molar-refractivity contribution in [1.29, 1.82) is 0 Å². The van der Waals surface area contributed by atoms with Crippen molar-refractivity contribution in [2.45, 2.75) is 23.3 Å². The first-order valence-electron chi connectivity index (χ1n) is 5.71. The molecule has 1 heterocycles. The Morgan fingerprint density at radius 2 is 2.06 bits per heavy atom. The van der Waals surface area contributed by atoms with Gasteiger partial charge in [0.2, 0.25) is 0 Å². The SMILES string of the molecule is CCc1nc(NC)cc(Sc2ccccc2F)n1. The van der Waals surface area contributed by atoms with E-state index in [9.17, 15) is 4.39 Å². The van der Waals surface area contributed by atoms with Crippen molar-refractivity contribution < 1.29 is 4.39 Å². The number of halogens is 1. The normalized spacial score (nSPS) is 10.4. The van der Waals surface area contributed by atoms with Crippen molar-refractivity contribution in [3.8, 4) is 0 Å². The molecule has 1 aromatic heterocycles. The standard InChI is InChI=1S/C13H14FN3S/c1-3-11-16-12(15-2)8-13(17-11)18-10-7-5-4-6-9(10)14/h4-8H,3H2,1-2H3,(H,15,16,17). The largest absolute Gasteiger partial charge is 0.373 e. The Labute approximate surface area is 110 Å². The van der Waals surface area contributed by atoms with Gasteiger partial charge in [0, 0.05) is 24.4 Å². The number of hydrogen-bond donors (Lipinski definition) is 1. The van der Waals surface area contributed by atoms with Crippen LogP contribution in [-0.4, -0.2) is 17.0 Å². The first-order chi connectivity index (χ1) is 8.72. The summed E-state index contributed by atoms with van der Waals surface area (Å²) in [5.41, 5.74) is 0. The number of benzene rings is 1. The topological polar surface area (TPSA) is 37.8 Å². The number of nitrogens with one attached hydrogen (secondary N) is 1. The maximum absolute atomic E-state index is 13.6. The molecule has 1 aromatic carbocycles. The van der Waals surface area contributed by atoms with Crippen LogP contribution in [0.2, 0.25) is 0 Å². The van der Waals surface area contributed by atoms with Gasteiger partial charge in [-0.05, 0) is 12.1 Å². The van der Waals surface area contributed by atoms with E-state index in [0.717, 1.165) is 23.1 Å². The molecule has 0 amide bonds. The average Bonchev–Trinajstić information content (AvgIpc) is 2.41. The summed E-state index contributed by atoms with van der Waals surface area (Å²) in [6.07, 6.45) is 0.750. The Kier molecular flexibility index (Phi) is 4.15. The lowest BCUT2D eigenvalue weighted by Gasteiger charge is -2.06. The second-order valence-corrected chi connectivity index (χ2v) is 4.71. The summed E-state index contributed by atoms with van der Waals surface area (Å²) in [6, 6.07) is 8.49. The van der Waals surface area contributed by atoms with Gasteiger partial charge in [-0.2, -0.15) is 0 Å². The fourth-order valence-corrected chi connectivity index (χ4v) is 2.31. The van der Waals surface area contributed by atoms with Crippen molar-refractivity contribution in [2.24, 2.45) is 0 Å². The molecule has 0 unspecified atom stereocenters. The number of rotatable bonds is 4. The van der Waals surface area contributed by atoms with Gasteiger partial charge in [0.15, 0.2) is 0 Å². The molecule has 0 saturated heterocycles. The van der Waals surface area contributed by atoms with Crippen molar-refractivity contribution in [1.82, 2.24) is 9.97 Å². The molecule has 94 valence electrons. The third kappa shape index (κ3) is 2.98. The zero-order chi connectivity index (χ0) is 13.0. The minimum atomic E-state index is -0.231. The van der Waals surface area contributed by atoms with Gasteiger partial charge in [-0.15, -0.1) is 0 Å². The van der Waals surface area contributed by atoms with Crippen LogP contribution in [0, 0.1) is 5.82 Å². The molecule has 0 bridgehead atoms. The number of aromatic nitrogens is 2. The highest BCUT2D eigenvalue weighted by Gasteiger charge is 2.07. The fourth-order valence-electron chi connectivity index (χ4n) is 1.45. The van der Waals surface area contributed by atoms with Crippen LogP contribution in [0.3, 0.4) is 0 Å². The molecule has 0 aliphatic carbocycles. The molecular formula is C13H14FN3S. The third-order valence-electron chi connectivity index (χ3n) is 2.37. The van der Waals surface area contributed by atoms with Crippen molar-refractivity contribution >= 4 is 17.6 Å². The Hall–Kier alpha value is -1.62.